The molecule has 1 aromatic carbocycles. The fourth-order valence-corrected chi connectivity index (χ4v) is 2.73. The summed E-state index contributed by atoms with van der Waals surface area (Å²) in [6, 6.07) is 8.99. The average molecular weight is 298 g/mol. The molecule has 0 bridgehead atoms. The van der Waals surface area contributed by atoms with Crippen LogP contribution in [-0.4, -0.2) is 7.05 Å². The van der Waals surface area contributed by atoms with E-state index in [0.717, 1.165) is 0 Å². The minimum Gasteiger partial charge on any atom is -0.313 e. The second kappa shape index (κ2) is 8.71. The quantitative estimate of drug-likeness (QED) is 0.661. The van der Waals surface area contributed by atoms with Crippen molar-refractivity contribution in [2.75, 3.05) is 7.05 Å². The van der Waals surface area contributed by atoms with Crippen molar-refractivity contribution in [3.63, 3.8) is 0 Å². The zero-order chi connectivity index (χ0) is 12.5. The van der Waals surface area contributed by atoms with Crippen molar-refractivity contribution in [1.29, 1.82) is 0 Å². The van der Waals surface area contributed by atoms with Gasteiger partial charge in [-0.3, -0.25) is 0 Å². The summed E-state index contributed by atoms with van der Waals surface area (Å²) < 4.78 is 1.22. The molecule has 1 rings (SSSR count). The Bertz CT molecular complexity index is 312. The fraction of sp³-hybridized carbons (Fsp3) is 0.600. The summed E-state index contributed by atoms with van der Waals surface area (Å²) in [6.45, 7) is 2.26. The molecule has 1 atom stereocenters. The van der Waals surface area contributed by atoms with Crippen LogP contribution in [-0.2, 0) is 0 Å². The lowest BCUT2D eigenvalue weighted by molar-refractivity contribution is 0.499. The van der Waals surface area contributed by atoms with Crippen molar-refractivity contribution in [2.24, 2.45) is 0 Å². The van der Waals surface area contributed by atoms with E-state index in [4.69, 9.17) is 0 Å². The zero-order valence-electron chi connectivity index (χ0n) is 11.0. The van der Waals surface area contributed by atoms with Crippen molar-refractivity contribution >= 4 is 15.9 Å². The largest absolute Gasteiger partial charge is 0.313 e. The van der Waals surface area contributed by atoms with Gasteiger partial charge in [0.05, 0.1) is 0 Å². The molecule has 0 aliphatic heterocycles. The molecule has 0 aliphatic rings. The van der Waals surface area contributed by atoms with Crippen LogP contribution >= 0.6 is 15.9 Å². The van der Waals surface area contributed by atoms with Gasteiger partial charge in [-0.25, -0.2) is 0 Å². The van der Waals surface area contributed by atoms with Crippen LogP contribution < -0.4 is 5.32 Å². The zero-order valence-corrected chi connectivity index (χ0v) is 12.6. The molecule has 1 unspecified atom stereocenters. The van der Waals surface area contributed by atoms with Crippen LogP contribution in [0.5, 0.6) is 0 Å². The summed E-state index contributed by atoms with van der Waals surface area (Å²) in [5.74, 6) is 0. The molecule has 2 heteroatoms. The molecule has 0 amide bonds. The highest BCUT2D eigenvalue weighted by Gasteiger charge is 2.11. The maximum atomic E-state index is 3.63. The number of nitrogens with one attached hydrogen (secondary N) is 1. The third kappa shape index (κ3) is 5.22. The van der Waals surface area contributed by atoms with Crippen molar-refractivity contribution < 1.29 is 0 Å². The fourth-order valence-electron chi connectivity index (χ4n) is 2.17. The first-order valence-corrected chi connectivity index (χ1v) is 7.50. The van der Waals surface area contributed by atoms with Gasteiger partial charge in [-0.05, 0) is 25.1 Å². The highest BCUT2D eigenvalue weighted by atomic mass is 79.9. The third-order valence-electron chi connectivity index (χ3n) is 3.23. The van der Waals surface area contributed by atoms with Gasteiger partial charge in [0.1, 0.15) is 0 Å². The minimum atomic E-state index is 0.479. The minimum absolute atomic E-state index is 0.479. The average Bonchev–Trinajstić information content (AvgIpc) is 2.35. The van der Waals surface area contributed by atoms with Crippen LogP contribution in [0.4, 0.5) is 0 Å². The number of hydrogen-bond acceptors (Lipinski definition) is 1. The molecule has 0 aliphatic carbocycles. The van der Waals surface area contributed by atoms with Crippen LogP contribution in [0.3, 0.4) is 0 Å². The standard InChI is InChI=1S/C15H24BrN/c1-3-4-5-6-7-12-15(17-2)13-10-8-9-11-14(13)16/h8-11,15,17H,3-7,12H2,1-2H3. The molecule has 0 aromatic heterocycles. The smallest absolute Gasteiger partial charge is 0.0328 e. The lowest BCUT2D eigenvalue weighted by Gasteiger charge is -2.18. The highest BCUT2D eigenvalue weighted by Crippen LogP contribution is 2.26. The Morgan fingerprint density at radius 2 is 1.82 bits per heavy atom. The Hall–Kier alpha value is -0.340. The number of unbranched alkanes of at least 4 members (excludes halogenated alkanes) is 4. The molecule has 96 valence electrons. The van der Waals surface area contributed by atoms with Crippen molar-refractivity contribution in [3.8, 4) is 0 Å². The van der Waals surface area contributed by atoms with E-state index in [1.54, 1.807) is 0 Å². The van der Waals surface area contributed by atoms with Gasteiger partial charge in [0.2, 0.25) is 0 Å². The van der Waals surface area contributed by atoms with E-state index in [9.17, 15) is 0 Å². The molecule has 0 spiro atoms. The summed E-state index contributed by atoms with van der Waals surface area (Å²) in [5.41, 5.74) is 1.38. The van der Waals surface area contributed by atoms with E-state index in [1.165, 1.54) is 48.6 Å². The van der Waals surface area contributed by atoms with E-state index in [-0.39, 0.29) is 0 Å². The highest BCUT2D eigenvalue weighted by molar-refractivity contribution is 9.10. The van der Waals surface area contributed by atoms with Gasteiger partial charge in [-0.1, -0.05) is 73.2 Å². The van der Waals surface area contributed by atoms with Crippen LogP contribution in [0.1, 0.15) is 57.1 Å². The van der Waals surface area contributed by atoms with Gasteiger partial charge in [0, 0.05) is 10.5 Å². The molecule has 0 radical (unpaired) electrons. The van der Waals surface area contributed by atoms with Gasteiger partial charge in [-0.15, -0.1) is 0 Å². The predicted octanol–water partition coefficient (Wildman–Crippen LogP) is 5.07. The maximum Gasteiger partial charge on any atom is 0.0328 e. The van der Waals surface area contributed by atoms with E-state index in [2.05, 4.69) is 59.5 Å². The summed E-state index contributed by atoms with van der Waals surface area (Å²) in [7, 11) is 2.05. The monoisotopic (exact) mass is 297 g/mol. The topological polar surface area (TPSA) is 12.0 Å². The van der Waals surface area contributed by atoms with Crippen LogP contribution in [0.25, 0.3) is 0 Å². The first kappa shape index (κ1) is 14.7. The molecule has 1 N–H and O–H groups in total. The van der Waals surface area contributed by atoms with Gasteiger partial charge >= 0.3 is 0 Å². The normalized spacial score (nSPS) is 12.6. The number of halogens is 1. The Balaban J connectivity index is 2.41. The lowest BCUT2D eigenvalue weighted by atomic mass is 10.00. The van der Waals surface area contributed by atoms with E-state index in [0.29, 0.717) is 6.04 Å². The number of rotatable bonds is 8. The van der Waals surface area contributed by atoms with Gasteiger partial charge in [0.15, 0.2) is 0 Å². The van der Waals surface area contributed by atoms with Crippen molar-refractivity contribution in [2.45, 2.75) is 51.5 Å². The summed E-state index contributed by atoms with van der Waals surface area (Å²) >= 11 is 3.63. The van der Waals surface area contributed by atoms with E-state index in [1.807, 2.05) is 0 Å². The van der Waals surface area contributed by atoms with Gasteiger partial charge < -0.3 is 5.32 Å². The molecule has 0 fully saturated rings. The van der Waals surface area contributed by atoms with Crippen molar-refractivity contribution in [3.05, 3.63) is 34.3 Å². The van der Waals surface area contributed by atoms with Crippen LogP contribution in [0.15, 0.2) is 28.7 Å². The molecule has 0 heterocycles. The Morgan fingerprint density at radius 1 is 1.12 bits per heavy atom. The third-order valence-corrected chi connectivity index (χ3v) is 3.95. The summed E-state index contributed by atoms with van der Waals surface area (Å²) in [4.78, 5) is 0. The SMILES string of the molecule is CCCCCCCC(NC)c1ccccc1Br. The van der Waals surface area contributed by atoms with Gasteiger partial charge in [0.25, 0.3) is 0 Å². The van der Waals surface area contributed by atoms with E-state index >= 15 is 0 Å². The molecule has 1 aromatic rings. The molecule has 1 nitrogen and oxygen atoms in total. The molecule has 0 saturated carbocycles. The number of hydrogen-bond donors (Lipinski definition) is 1. The Kier molecular flexibility index (Phi) is 7.54. The second-order valence-electron chi connectivity index (χ2n) is 4.57. The molecule has 17 heavy (non-hydrogen) atoms. The Morgan fingerprint density at radius 3 is 2.47 bits per heavy atom. The summed E-state index contributed by atoms with van der Waals surface area (Å²) in [6.07, 6.45) is 7.97. The maximum absolute atomic E-state index is 3.63. The molecule has 0 saturated heterocycles. The lowest BCUT2D eigenvalue weighted by Crippen LogP contribution is -2.16. The summed E-state index contributed by atoms with van der Waals surface area (Å²) in [5, 5.41) is 3.42. The van der Waals surface area contributed by atoms with Gasteiger partial charge in [-0.2, -0.15) is 0 Å². The number of benzene rings is 1. The molecular formula is C15H24BrN. The first-order valence-electron chi connectivity index (χ1n) is 6.71. The second-order valence-corrected chi connectivity index (χ2v) is 5.42. The van der Waals surface area contributed by atoms with E-state index < -0.39 is 0 Å². The van der Waals surface area contributed by atoms with Crippen LogP contribution in [0, 0.1) is 0 Å². The van der Waals surface area contributed by atoms with Crippen LogP contribution in [0.2, 0.25) is 0 Å². The predicted molar refractivity (Wildman–Crippen MR) is 79.3 cm³/mol. The van der Waals surface area contributed by atoms with Crippen molar-refractivity contribution in [1.82, 2.24) is 5.32 Å². The molecular weight excluding hydrogens is 274 g/mol. The Labute approximate surface area is 114 Å². The first-order chi connectivity index (χ1) is 8.29.